The third-order valence-electron chi connectivity index (χ3n) is 3.25. The molecule has 3 rings (SSSR count). The van der Waals surface area contributed by atoms with Crippen LogP contribution in [0.2, 0.25) is 0 Å². The third kappa shape index (κ3) is 2.10. The van der Waals surface area contributed by atoms with Gasteiger partial charge in [0.05, 0.1) is 16.6 Å². The molecule has 0 atom stereocenters. The van der Waals surface area contributed by atoms with Crippen LogP contribution in [-0.2, 0) is 0 Å². The van der Waals surface area contributed by atoms with Crippen molar-refractivity contribution in [2.45, 2.75) is 6.92 Å². The number of H-pyrrole nitrogens is 1. The first-order valence-electron chi connectivity index (χ1n) is 6.05. The zero-order valence-corrected chi connectivity index (χ0v) is 12.2. The van der Waals surface area contributed by atoms with Crippen LogP contribution in [-0.4, -0.2) is 21.0 Å². The molecule has 0 aliphatic heterocycles. The lowest BCUT2D eigenvalue weighted by molar-refractivity contribution is 0.0697. The maximum atomic E-state index is 11.0. The SMILES string of the molecule is Cc1c(Br)cccc1-c1nc2ccc(C(=O)O)cc2[nH]1. The maximum Gasteiger partial charge on any atom is 0.335 e. The van der Waals surface area contributed by atoms with Crippen LogP contribution >= 0.6 is 15.9 Å². The van der Waals surface area contributed by atoms with Crippen LogP contribution in [0.15, 0.2) is 40.9 Å². The van der Waals surface area contributed by atoms with E-state index in [0.717, 1.165) is 32.5 Å². The van der Waals surface area contributed by atoms with Crippen LogP contribution in [0.3, 0.4) is 0 Å². The molecule has 0 amide bonds. The van der Waals surface area contributed by atoms with Crippen molar-refractivity contribution in [1.82, 2.24) is 9.97 Å². The quantitative estimate of drug-likeness (QED) is 0.746. The van der Waals surface area contributed by atoms with Gasteiger partial charge in [0.2, 0.25) is 0 Å². The Balaban J connectivity index is 2.18. The minimum absolute atomic E-state index is 0.249. The van der Waals surface area contributed by atoms with Crippen molar-refractivity contribution in [2.75, 3.05) is 0 Å². The predicted molar refractivity (Wildman–Crippen MR) is 80.9 cm³/mol. The number of fused-ring (bicyclic) bond motifs is 1. The van der Waals surface area contributed by atoms with Gasteiger partial charge in [-0.25, -0.2) is 9.78 Å². The Bertz CT molecular complexity index is 824. The molecular weight excluding hydrogens is 320 g/mol. The molecule has 20 heavy (non-hydrogen) atoms. The first-order chi connectivity index (χ1) is 9.56. The highest BCUT2D eigenvalue weighted by atomic mass is 79.9. The van der Waals surface area contributed by atoms with Crippen LogP contribution in [0.25, 0.3) is 22.4 Å². The number of hydrogen-bond donors (Lipinski definition) is 2. The number of hydrogen-bond acceptors (Lipinski definition) is 2. The number of rotatable bonds is 2. The van der Waals surface area contributed by atoms with Gasteiger partial charge < -0.3 is 10.1 Å². The molecule has 0 saturated heterocycles. The van der Waals surface area contributed by atoms with Gasteiger partial charge in [-0.05, 0) is 36.8 Å². The lowest BCUT2D eigenvalue weighted by Gasteiger charge is -2.03. The number of carboxylic acids is 1. The lowest BCUT2D eigenvalue weighted by atomic mass is 10.1. The maximum absolute atomic E-state index is 11.0. The van der Waals surface area contributed by atoms with E-state index >= 15 is 0 Å². The third-order valence-corrected chi connectivity index (χ3v) is 4.11. The number of carboxylic acid groups (broad SMARTS) is 1. The Morgan fingerprint density at radius 2 is 2.10 bits per heavy atom. The predicted octanol–water partition coefficient (Wildman–Crippen LogP) is 4.00. The molecule has 0 bridgehead atoms. The topological polar surface area (TPSA) is 66.0 Å². The second-order valence-electron chi connectivity index (χ2n) is 4.53. The first-order valence-corrected chi connectivity index (χ1v) is 6.84. The van der Waals surface area contributed by atoms with Crippen LogP contribution in [0.1, 0.15) is 15.9 Å². The molecule has 0 saturated carbocycles. The van der Waals surface area contributed by atoms with Crippen molar-refractivity contribution >= 4 is 32.9 Å². The van der Waals surface area contributed by atoms with Gasteiger partial charge in [-0.15, -0.1) is 0 Å². The fourth-order valence-corrected chi connectivity index (χ4v) is 2.50. The first kappa shape index (κ1) is 12.9. The summed E-state index contributed by atoms with van der Waals surface area (Å²) in [5, 5.41) is 9.01. The molecule has 0 fully saturated rings. The molecule has 0 spiro atoms. The van der Waals surface area contributed by atoms with Gasteiger partial charge in [-0.3, -0.25) is 0 Å². The molecule has 0 aliphatic rings. The molecule has 1 aromatic heterocycles. The summed E-state index contributed by atoms with van der Waals surface area (Å²) in [4.78, 5) is 18.7. The van der Waals surface area contributed by atoms with Gasteiger partial charge >= 0.3 is 5.97 Å². The van der Waals surface area contributed by atoms with Gasteiger partial charge in [-0.1, -0.05) is 28.1 Å². The summed E-state index contributed by atoms with van der Waals surface area (Å²) in [6.45, 7) is 2.01. The number of halogens is 1. The number of aromatic amines is 1. The zero-order valence-electron chi connectivity index (χ0n) is 10.6. The van der Waals surface area contributed by atoms with Gasteiger partial charge in [0.15, 0.2) is 0 Å². The fourth-order valence-electron chi connectivity index (χ4n) is 2.13. The molecule has 3 aromatic rings. The van der Waals surface area contributed by atoms with E-state index in [9.17, 15) is 4.79 Å². The largest absolute Gasteiger partial charge is 0.478 e. The number of benzene rings is 2. The zero-order chi connectivity index (χ0) is 14.3. The summed E-state index contributed by atoms with van der Waals surface area (Å²) in [6, 6.07) is 10.8. The Kier molecular flexibility index (Phi) is 3.06. The summed E-state index contributed by atoms with van der Waals surface area (Å²) in [5.41, 5.74) is 3.81. The van der Waals surface area contributed by atoms with Crippen LogP contribution in [0.4, 0.5) is 0 Å². The van der Waals surface area contributed by atoms with Crippen molar-refractivity contribution < 1.29 is 9.90 Å². The highest BCUT2D eigenvalue weighted by Gasteiger charge is 2.11. The van der Waals surface area contributed by atoms with Gasteiger partial charge in [0, 0.05) is 10.0 Å². The van der Waals surface area contributed by atoms with E-state index in [1.807, 2.05) is 25.1 Å². The Morgan fingerprint density at radius 3 is 2.85 bits per heavy atom. The van der Waals surface area contributed by atoms with Crippen LogP contribution < -0.4 is 0 Å². The fraction of sp³-hybridized carbons (Fsp3) is 0.0667. The highest BCUT2D eigenvalue weighted by Crippen LogP contribution is 2.28. The molecule has 100 valence electrons. The van der Waals surface area contributed by atoms with Gasteiger partial charge in [0.1, 0.15) is 5.82 Å². The number of nitrogens with zero attached hydrogens (tertiary/aromatic N) is 1. The molecule has 2 N–H and O–H groups in total. The number of aromatic carboxylic acids is 1. The van der Waals surface area contributed by atoms with Gasteiger partial charge in [0.25, 0.3) is 0 Å². The average Bonchev–Trinajstić information content (AvgIpc) is 2.84. The van der Waals surface area contributed by atoms with E-state index in [4.69, 9.17) is 5.11 Å². The van der Waals surface area contributed by atoms with Crippen molar-refractivity contribution in [3.05, 3.63) is 52.0 Å². The summed E-state index contributed by atoms with van der Waals surface area (Å²) in [7, 11) is 0. The molecule has 1 heterocycles. The minimum atomic E-state index is -0.943. The Hall–Kier alpha value is -2.14. The second-order valence-corrected chi connectivity index (χ2v) is 5.39. The number of carbonyl (C=O) groups is 1. The average molecular weight is 331 g/mol. The van der Waals surface area contributed by atoms with Crippen LogP contribution in [0, 0.1) is 6.92 Å². The summed E-state index contributed by atoms with van der Waals surface area (Å²) >= 11 is 3.50. The smallest absolute Gasteiger partial charge is 0.335 e. The standard InChI is InChI=1S/C15H11BrN2O2/c1-8-10(3-2-4-11(8)16)14-17-12-6-5-9(15(19)20)7-13(12)18-14/h2-7H,1H3,(H,17,18)(H,19,20). The minimum Gasteiger partial charge on any atom is -0.478 e. The Labute approximate surface area is 123 Å². The summed E-state index contributed by atoms with van der Waals surface area (Å²) < 4.78 is 1.02. The number of aromatic nitrogens is 2. The van der Waals surface area contributed by atoms with Crippen LogP contribution in [0.5, 0.6) is 0 Å². The van der Waals surface area contributed by atoms with E-state index in [0.29, 0.717) is 0 Å². The normalized spacial score (nSPS) is 10.9. The van der Waals surface area contributed by atoms with Crippen molar-refractivity contribution in [2.24, 2.45) is 0 Å². The molecule has 5 heteroatoms. The molecule has 2 aromatic carbocycles. The van der Waals surface area contributed by atoms with E-state index in [1.165, 1.54) is 0 Å². The van der Waals surface area contributed by atoms with E-state index in [2.05, 4.69) is 25.9 Å². The summed E-state index contributed by atoms with van der Waals surface area (Å²) in [5.74, 6) is -0.206. The Morgan fingerprint density at radius 1 is 1.30 bits per heavy atom. The molecule has 0 aliphatic carbocycles. The van der Waals surface area contributed by atoms with E-state index in [-0.39, 0.29) is 5.56 Å². The monoisotopic (exact) mass is 330 g/mol. The van der Waals surface area contributed by atoms with E-state index < -0.39 is 5.97 Å². The molecule has 4 nitrogen and oxygen atoms in total. The second kappa shape index (κ2) is 4.76. The molecule has 0 unspecified atom stereocenters. The van der Waals surface area contributed by atoms with E-state index in [1.54, 1.807) is 18.2 Å². The summed E-state index contributed by atoms with van der Waals surface area (Å²) in [6.07, 6.45) is 0. The van der Waals surface area contributed by atoms with Crippen molar-refractivity contribution in [3.63, 3.8) is 0 Å². The van der Waals surface area contributed by atoms with Crippen molar-refractivity contribution in [1.29, 1.82) is 0 Å². The van der Waals surface area contributed by atoms with Gasteiger partial charge in [-0.2, -0.15) is 0 Å². The highest BCUT2D eigenvalue weighted by molar-refractivity contribution is 9.10. The lowest BCUT2D eigenvalue weighted by Crippen LogP contribution is -1.94. The number of nitrogens with one attached hydrogen (secondary N) is 1. The molecule has 0 radical (unpaired) electrons. The van der Waals surface area contributed by atoms with Crippen molar-refractivity contribution in [3.8, 4) is 11.4 Å². The molecular formula is C15H11BrN2O2. The number of imidazole rings is 1.